The van der Waals surface area contributed by atoms with Crippen molar-refractivity contribution >= 4 is 5.91 Å². The van der Waals surface area contributed by atoms with E-state index < -0.39 is 0 Å². The molecule has 6 nitrogen and oxygen atoms in total. The molecule has 1 amide bonds. The highest BCUT2D eigenvalue weighted by Crippen LogP contribution is 2.38. The van der Waals surface area contributed by atoms with Crippen molar-refractivity contribution in [3.63, 3.8) is 0 Å². The van der Waals surface area contributed by atoms with Gasteiger partial charge in [-0.05, 0) is 38.4 Å². The predicted molar refractivity (Wildman–Crippen MR) is 105 cm³/mol. The molecular weight excluding hydrogens is 340 g/mol. The van der Waals surface area contributed by atoms with Crippen molar-refractivity contribution in [2.24, 2.45) is 11.8 Å². The minimum Gasteiger partial charge on any atom is -0.496 e. The summed E-state index contributed by atoms with van der Waals surface area (Å²) in [4.78, 5) is 17.7. The van der Waals surface area contributed by atoms with Crippen molar-refractivity contribution in [1.29, 1.82) is 0 Å². The smallest absolute Gasteiger partial charge is 0.226 e. The fourth-order valence-corrected chi connectivity index (χ4v) is 5.04. The lowest BCUT2D eigenvalue weighted by molar-refractivity contribution is -0.139. The molecular formula is C21H32N4O2. The predicted octanol–water partition coefficient (Wildman–Crippen LogP) is 1.79. The molecule has 2 N–H and O–H groups in total. The van der Waals surface area contributed by atoms with Crippen molar-refractivity contribution in [3.05, 3.63) is 29.8 Å². The van der Waals surface area contributed by atoms with Crippen LogP contribution in [0.5, 0.6) is 5.75 Å². The first kappa shape index (κ1) is 18.7. The highest BCUT2D eigenvalue weighted by atomic mass is 16.5. The number of nitrogens with zero attached hydrogens (tertiary/aromatic N) is 2. The van der Waals surface area contributed by atoms with Crippen molar-refractivity contribution in [2.45, 2.75) is 38.3 Å². The molecule has 4 atom stereocenters. The van der Waals surface area contributed by atoms with Crippen molar-refractivity contribution in [2.75, 3.05) is 39.8 Å². The van der Waals surface area contributed by atoms with Gasteiger partial charge in [-0.15, -0.1) is 0 Å². The maximum absolute atomic E-state index is 13.2. The fraction of sp³-hybridized carbons (Fsp3) is 0.667. The van der Waals surface area contributed by atoms with E-state index in [2.05, 4.69) is 39.7 Å². The van der Waals surface area contributed by atoms with Crippen molar-refractivity contribution in [3.8, 4) is 5.75 Å². The lowest BCUT2D eigenvalue weighted by atomic mass is 9.84. The Morgan fingerprint density at radius 1 is 1.19 bits per heavy atom. The number of benzene rings is 1. The van der Waals surface area contributed by atoms with Gasteiger partial charge in [0, 0.05) is 37.2 Å². The average molecular weight is 373 g/mol. The number of methoxy groups -OCH3 is 1. The Kier molecular flexibility index (Phi) is 5.66. The average Bonchev–Trinajstić information content (AvgIpc) is 3.16. The van der Waals surface area contributed by atoms with Crippen LogP contribution in [-0.4, -0.2) is 61.6 Å². The maximum atomic E-state index is 13.2. The summed E-state index contributed by atoms with van der Waals surface area (Å²) in [5.74, 6) is 1.80. The largest absolute Gasteiger partial charge is 0.496 e. The molecule has 148 valence electrons. The molecule has 4 unspecified atom stereocenters. The summed E-state index contributed by atoms with van der Waals surface area (Å²) >= 11 is 0. The Morgan fingerprint density at radius 2 is 2.04 bits per heavy atom. The van der Waals surface area contributed by atoms with Crippen LogP contribution in [0.4, 0.5) is 0 Å². The normalized spacial score (nSPS) is 31.6. The van der Waals surface area contributed by atoms with Crippen LogP contribution in [0.15, 0.2) is 24.3 Å². The summed E-state index contributed by atoms with van der Waals surface area (Å²) in [6, 6.07) is 8.77. The Hall–Kier alpha value is -1.63. The van der Waals surface area contributed by atoms with Gasteiger partial charge in [0.25, 0.3) is 0 Å². The Bertz CT molecular complexity index is 667. The number of piperidine rings is 2. The third-order valence-corrected chi connectivity index (χ3v) is 6.60. The number of fused-ring (bicyclic) bond motifs is 1. The maximum Gasteiger partial charge on any atom is 0.226 e. The number of nitrogens with one attached hydrogen (secondary N) is 2. The molecule has 3 saturated heterocycles. The Morgan fingerprint density at radius 3 is 2.85 bits per heavy atom. The van der Waals surface area contributed by atoms with Gasteiger partial charge in [-0.25, -0.2) is 5.43 Å². The quantitative estimate of drug-likeness (QED) is 0.844. The molecule has 3 aliphatic rings. The van der Waals surface area contributed by atoms with Gasteiger partial charge >= 0.3 is 0 Å². The summed E-state index contributed by atoms with van der Waals surface area (Å²) in [6.45, 7) is 6.95. The van der Waals surface area contributed by atoms with Crippen LogP contribution < -0.4 is 15.6 Å². The Balaban J connectivity index is 1.47. The van der Waals surface area contributed by atoms with E-state index in [-0.39, 0.29) is 12.0 Å². The number of rotatable bonds is 4. The van der Waals surface area contributed by atoms with Crippen LogP contribution in [0.25, 0.3) is 0 Å². The number of hydrogen-bond acceptors (Lipinski definition) is 5. The molecule has 1 aromatic carbocycles. The van der Waals surface area contributed by atoms with E-state index in [0.29, 0.717) is 17.9 Å². The minimum atomic E-state index is 0.167. The molecule has 0 aliphatic carbocycles. The van der Waals surface area contributed by atoms with E-state index in [1.165, 1.54) is 5.56 Å². The van der Waals surface area contributed by atoms with E-state index in [9.17, 15) is 4.79 Å². The van der Waals surface area contributed by atoms with E-state index in [4.69, 9.17) is 4.74 Å². The summed E-state index contributed by atoms with van der Waals surface area (Å²) < 4.78 is 5.58. The Labute approximate surface area is 162 Å². The summed E-state index contributed by atoms with van der Waals surface area (Å²) in [7, 11) is 1.72. The topological polar surface area (TPSA) is 56.8 Å². The first-order chi connectivity index (χ1) is 13.2. The monoisotopic (exact) mass is 372 g/mol. The summed E-state index contributed by atoms with van der Waals surface area (Å²) in [5.41, 5.74) is 8.10. The van der Waals surface area contributed by atoms with Crippen LogP contribution >= 0.6 is 0 Å². The van der Waals surface area contributed by atoms with E-state index in [0.717, 1.165) is 57.7 Å². The number of hydrogen-bond donors (Lipinski definition) is 2. The molecule has 0 bridgehead atoms. The van der Waals surface area contributed by atoms with E-state index in [1.807, 2.05) is 12.1 Å². The van der Waals surface area contributed by atoms with Gasteiger partial charge < -0.3 is 14.5 Å². The lowest BCUT2D eigenvalue weighted by Gasteiger charge is -2.40. The van der Waals surface area contributed by atoms with Crippen LogP contribution in [0.1, 0.15) is 37.8 Å². The fourth-order valence-electron chi connectivity index (χ4n) is 5.04. The summed E-state index contributed by atoms with van der Waals surface area (Å²) in [5, 5.41) is 0. The van der Waals surface area contributed by atoms with Gasteiger partial charge in [-0.2, -0.15) is 0 Å². The van der Waals surface area contributed by atoms with Crippen molar-refractivity contribution in [1.82, 2.24) is 20.7 Å². The van der Waals surface area contributed by atoms with E-state index >= 15 is 0 Å². The zero-order valence-corrected chi connectivity index (χ0v) is 16.5. The van der Waals surface area contributed by atoms with Crippen LogP contribution in [0, 0.1) is 11.8 Å². The second-order valence-corrected chi connectivity index (χ2v) is 8.08. The van der Waals surface area contributed by atoms with Gasteiger partial charge in [0.15, 0.2) is 0 Å². The van der Waals surface area contributed by atoms with Crippen LogP contribution in [0.2, 0.25) is 0 Å². The minimum absolute atomic E-state index is 0.167. The standard InChI is InChI=1S/C21H32N4O2/c1-3-24-11-6-7-15(13-24)21(26)25-12-10-18-17(14-25)20(23-22-18)16-8-4-5-9-19(16)27-2/h4-5,8-9,15,17-18,20,22-23H,3,6-7,10-14H2,1-2H3. The SMILES string of the molecule is CCN1CCCC(C(=O)N2CCC3NNC(c4ccccc4OC)C3C2)C1. The van der Waals surface area contributed by atoms with Gasteiger partial charge in [0.2, 0.25) is 5.91 Å². The third kappa shape index (κ3) is 3.71. The molecule has 3 fully saturated rings. The number of hydrazine groups is 1. The van der Waals surface area contributed by atoms with Gasteiger partial charge in [-0.1, -0.05) is 25.1 Å². The first-order valence-corrected chi connectivity index (χ1v) is 10.4. The van der Waals surface area contributed by atoms with Crippen LogP contribution in [-0.2, 0) is 4.79 Å². The zero-order chi connectivity index (χ0) is 18.8. The van der Waals surface area contributed by atoms with Gasteiger partial charge in [0.05, 0.1) is 19.1 Å². The first-order valence-electron chi connectivity index (χ1n) is 10.4. The second-order valence-electron chi connectivity index (χ2n) is 8.08. The number of carbonyl (C=O) groups is 1. The molecule has 6 heteroatoms. The molecule has 0 aromatic heterocycles. The molecule has 0 radical (unpaired) electrons. The number of para-hydroxylation sites is 1. The number of ether oxygens (including phenoxy) is 1. The molecule has 0 saturated carbocycles. The summed E-state index contributed by atoms with van der Waals surface area (Å²) in [6.07, 6.45) is 3.17. The van der Waals surface area contributed by atoms with Crippen molar-refractivity contribution < 1.29 is 9.53 Å². The number of amides is 1. The number of carbonyl (C=O) groups excluding carboxylic acids is 1. The third-order valence-electron chi connectivity index (χ3n) is 6.60. The van der Waals surface area contributed by atoms with Crippen LogP contribution in [0.3, 0.4) is 0 Å². The lowest BCUT2D eigenvalue weighted by Crippen LogP contribution is -2.51. The molecule has 4 rings (SSSR count). The molecule has 27 heavy (non-hydrogen) atoms. The number of likely N-dealkylation sites (tertiary alicyclic amines) is 2. The second kappa shape index (κ2) is 8.17. The van der Waals surface area contributed by atoms with Gasteiger partial charge in [0.1, 0.15) is 5.75 Å². The van der Waals surface area contributed by atoms with E-state index in [1.54, 1.807) is 7.11 Å². The molecule has 0 spiro atoms. The molecule has 3 aliphatic heterocycles. The molecule has 3 heterocycles. The zero-order valence-electron chi connectivity index (χ0n) is 16.5. The highest BCUT2D eigenvalue weighted by Gasteiger charge is 2.43. The van der Waals surface area contributed by atoms with Gasteiger partial charge in [-0.3, -0.25) is 10.2 Å². The highest BCUT2D eigenvalue weighted by molar-refractivity contribution is 5.79. The molecule has 1 aromatic rings.